The van der Waals surface area contributed by atoms with Gasteiger partial charge in [0.25, 0.3) is 11.9 Å². The van der Waals surface area contributed by atoms with Gasteiger partial charge in [0.2, 0.25) is 0 Å². The minimum absolute atomic E-state index is 0.0432. The monoisotopic (exact) mass is 250 g/mol. The van der Waals surface area contributed by atoms with Crippen molar-refractivity contribution >= 4 is 16.7 Å². The molecule has 0 fully saturated rings. The second-order valence-electron chi connectivity index (χ2n) is 3.57. The average Bonchev–Trinajstić information content (AvgIpc) is 2.39. The number of benzene rings is 1. The van der Waals surface area contributed by atoms with E-state index >= 15 is 0 Å². The van der Waals surface area contributed by atoms with Crippen molar-refractivity contribution in [2.24, 2.45) is 0 Å². The number of aromatic nitrogens is 2. The summed E-state index contributed by atoms with van der Waals surface area (Å²) in [5, 5.41) is 4.54. The Labute approximate surface area is 102 Å². The van der Waals surface area contributed by atoms with Gasteiger partial charge in [0.05, 0.1) is 18.2 Å². The summed E-state index contributed by atoms with van der Waals surface area (Å²) in [7, 11) is 0. The molecule has 0 amide bonds. The van der Waals surface area contributed by atoms with E-state index in [1.165, 1.54) is 6.20 Å². The summed E-state index contributed by atoms with van der Waals surface area (Å²) in [5.41, 5.74) is -0.659. The normalized spacial score (nSPS) is 12.3. The predicted octanol–water partition coefficient (Wildman–Crippen LogP) is 1.43. The third-order valence-corrected chi connectivity index (χ3v) is 2.42. The molecule has 1 aromatic carbocycles. The molecule has 0 aliphatic heterocycles. The molecule has 0 bridgehead atoms. The molecule has 1 unspecified atom stereocenters. The average molecular weight is 250 g/mol. The number of esters is 1. The molecule has 0 spiro atoms. The topological polar surface area (TPSA) is 61.2 Å². The quantitative estimate of drug-likeness (QED) is 0.773. The molecule has 1 atom stereocenters. The fraction of sp³-hybridized carbons (Fsp3) is 0.250. The van der Waals surface area contributed by atoms with Gasteiger partial charge < -0.3 is 4.74 Å². The van der Waals surface area contributed by atoms with Crippen LogP contribution in [0.5, 0.6) is 0 Å². The molecule has 0 aliphatic carbocycles. The highest BCUT2D eigenvalue weighted by Gasteiger charge is 2.23. The van der Waals surface area contributed by atoms with Gasteiger partial charge in [-0.3, -0.25) is 4.79 Å². The number of hydrogen-bond donors (Lipinski definition) is 0. The molecule has 5 nitrogen and oxygen atoms in total. The van der Waals surface area contributed by atoms with Crippen molar-refractivity contribution in [1.82, 2.24) is 9.78 Å². The van der Waals surface area contributed by atoms with Crippen LogP contribution in [0.25, 0.3) is 10.8 Å². The van der Waals surface area contributed by atoms with Gasteiger partial charge >= 0.3 is 5.97 Å². The maximum Gasteiger partial charge on any atom is 0.363 e. The smallest absolute Gasteiger partial charge is 0.363 e. The van der Waals surface area contributed by atoms with Gasteiger partial charge in [-0.05, 0) is 13.0 Å². The molecule has 0 saturated heterocycles. The van der Waals surface area contributed by atoms with Crippen molar-refractivity contribution in [3.8, 4) is 0 Å². The van der Waals surface area contributed by atoms with Crippen molar-refractivity contribution in [3.05, 3.63) is 40.8 Å². The van der Waals surface area contributed by atoms with E-state index in [2.05, 4.69) is 9.84 Å². The number of fused-ring (bicyclic) bond motifs is 1. The highest BCUT2D eigenvalue weighted by molar-refractivity contribution is 5.81. The number of carbonyl (C=O) groups is 1. The molecule has 2 aromatic rings. The lowest BCUT2D eigenvalue weighted by atomic mass is 10.2. The van der Waals surface area contributed by atoms with E-state index in [0.717, 1.165) is 0 Å². The Morgan fingerprint density at radius 1 is 1.50 bits per heavy atom. The molecule has 94 valence electrons. The summed E-state index contributed by atoms with van der Waals surface area (Å²) >= 11 is 0. The lowest BCUT2D eigenvalue weighted by Crippen LogP contribution is -2.30. The maximum absolute atomic E-state index is 13.7. The summed E-state index contributed by atoms with van der Waals surface area (Å²) in [6, 6.07) is 6.64. The van der Waals surface area contributed by atoms with Crippen LogP contribution in [-0.2, 0) is 9.53 Å². The number of rotatable bonds is 3. The van der Waals surface area contributed by atoms with Gasteiger partial charge in [0.1, 0.15) is 0 Å². The molecular formula is C12H11FN2O3. The van der Waals surface area contributed by atoms with Crippen molar-refractivity contribution < 1.29 is 13.9 Å². The lowest BCUT2D eigenvalue weighted by Gasteiger charge is -2.09. The van der Waals surface area contributed by atoms with E-state index in [9.17, 15) is 14.0 Å². The Morgan fingerprint density at radius 2 is 2.22 bits per heavy atom. The standard InChI is InChI=1S/C12H11FN2O3/c1-2-18-12(17)10(13)15-11(16)9-6-4-3-5-8(9)7-14-15/h3-7,10H,2H2,1H3. The Balaban J connectivity index is 2.49. The van der Waals surface area contributed by atoms with Crippen molar-refractivity contribution in [1.29, 1.82) is 0 Å². The molecule has 0 radical (unpaired) electrons. The minimum Gasteiger partial charge on any atom is -0.462 e. The van der Waals surface area contributed by atoms with Crippen LogP contribution >= 0.6 is 0 Å². The van der Waals surface area contributed by atoms with E-state index in [0.29, 0.717) is 15.5 Å². The van der Waals surface area contributed by atoms with E-state index in [1.54, 1.807) is 31.2 Å². The van der Waals surface area contributed by atoms with E-state index in [1.807, 2.05) is 0 Å². The second kappa shape index (κ2) is 4.95. The van der Waals surface area contributed by atoms with E-state index in [-0.39, 0.29) is 6.61 Å². The first-order valence-corrected chi connectivity index (χ1v) is 5.42. The lowest BCUT2D eigenvalue weighted by molar-refractivity contribution is -0.153. The van der Waals surface area contributed by atoms with E-state index in [4.69, 9.17) is 0 Å². The van der Waals surface area contributed by atoms with Crippen LogP contribution in [0.4, 0.5) is 4.39 Å². The van der Waals surface area contributed by atoms with Crippen LogP contribution in [0, 0.1) is 0 Å². The van der Waals surface area contributed by atoms with Crippen molar-refractivity contribution in [3.63, 3.8) is 0 Å². The molecule has 0 aliphatic rings. The first kappa shape index (κ1) is 12.2. The summed E-state index contributed by atoms with van der Waals surface area (Å²) in [4.78, 5) is 23.2. The molecule has 2 rings (SSSR count). The van der Waals surface area contributed by atoms with Crippen LogP contribution in [0.15, 0.2) is 35.3 Å². The number of alkyl halides is 1. The molecule has 1 heterocycles. The van der Waals surface area contributed by atoms with Crippen LogP contribution in [0.1, 0.15) is 13.2 Å². The van der Waals surface area contributed by atoms with Gasteiger partial charge in [0, 0.05) is 5.39 Å². The fourth-order valence-electron chi connectivity index (χ4n) is 1.58. The first-order chi connectivity index (χ1) is 8.65. The Bertz CT molecular complexity index is 639. The highest BCUT2D eigenvalue weighted by atomic mass is 19.1. The maximum atomic E-state index is 13.7. The zero-order valence-electron chi connectivity index (χ0n) is 9.67. The van der Waals surface area contributed by atoms with Crippen molar-refractivity contribution in [2.75, 3.05) is 6.61 Å². The van der Waals surface area contributed by atoms with Gasteiger partial charge in [-0.25, -0.2) is 9.18 Å². The van der Waals surface area contributed by atoms with Gasteiger partial charge in [-0.1, -0.05) is 18.2 Å². The van der Waals surface area contributed by atoms with Gasteiger partial charge in [0.15, 0.2) is 0 Å². The number of halogens is 1. The van der Waals surface area contributed by atoms with Gasteiger partial charge in [-0.2, -0.15) is 9.78 Å². The summed E-state index contributed by atoms with van der Waals surface area (Å²) in [6.07, 6.45) is -0.884. The Kier molecular flexibility index (Phi) is 3.36. The third-order valence-electron chi connectivity index (χ3n) is 2.42. The molecule has 0 saturated carbocycles. The van der Waals surface area contributed by atoms with Crippen molar-refractivity contribution in [2.45, 2.75) is 13.2 Å². The highest BCUT2D eigenvalue weighted by Crippen LogP contribution is 2.11. The van der Waals surface area contributed by atoms with Crippen LogP contribution in [-0.4, -0.2) is 22.4 Å². The summed E-state index contributed by atoms with van der Waals surface area (Å²) < 4.78 is 18.7. The van der Waals surface area contributed by atoms with Crippen LogP contribution < -0.4 is 5.56 Å². The minimum atomic E-state index is -2.22. The molecule has 0 N–H and O–H groups in total. The van der Waals surface area contributed by atoms with E-state index < -0.39 is 17.8 Å². The molecule has 6 heteroatoms. The summed E-state index contributed by atoms with van der Waals surface area (Å²) in [6.45, 7) is 1.60. The summed E-state index contributed by atoms with van der Waals surface area (Å²) in [5.74, 6) is -1.12. The third kappa shape index (κ3) is 2.09. The molecule has 1 aromatic heterocycles. The molecule has 18 heavy (non-hydrogen) atoms. The SMILES string of the molecule is CCOC(=O)C(F)n1ncc2ccccc2c1=O. The Morgan fingerprint density at radius 3 is 2.94 bits per heavy atom. The molecular weight excluding hydrogens is 239 g/mol. The zero-order chi connectivity index (χ0) is 13.1. The Hall–Kier alpha value is -2.24. The number of carbonyl (C=O) groups excluding carboxylic acids is 1. The number of hydrogen-bond acceptors (Lipinski definition) is 4. The first-order valence-electron chi connectivity index (χ1n) is 5.42. The van der Waals surface area contributed by atoms with Crippen LogP contribution in [0.3, 0.4) is 0 Å². The fourth-order valence-corrected chi connectivity index (χ4v) is 1.58. The largest absolute Gasteiger partial charge is 0.462 e. The second-order valence-corrected chi connectivity index (χ2v) is 3.57. The predicted molar refractivity (Wildman–Crippen MR) is 62.8 cm³/mol. The zero-order valence-corrected chi connectivity index (χ0v) is 9.67. The van der Waals surface area contributed by atoms with Crippen LogP contribution in [0.2, 0.25) is 0 Å². The number of nitrogens with zero attached hydrogens (tertiary/aromatic N) is 2. The van der Waals surface area contributed by atoms with Gasteiger partial charge in [-0.15, -0.1) is 0 Å². The number of ether oxygens (including phenoxy) is 1.